The summed E-state index contributed by atoms with van der Waals surface area (Å²) in [5, 5.41) is 9.77. The zero-order valence-electron chi connectivity index (χ0n) is 10.5. The summed E-state index contributed by atoms with van der Waals surface area (Å²) in [4.78, 5) is 22.6. The van der Waals surface area contributed by atoms with Crippen LogP contribution in [-0.4, -0.2) is 24.0 Å². The summed E-state index contributed by atoms with van der Waals surface area (Å²) < 4.78 is 9.87. The SMILES string of the molecule is COc1ccc(C=C2OC(=O)C(C(C)=O)=C2O)cc1. The van der Waals surface area contributed by atoms with E-state index in [1.165, 1.54) is 13.0 Å². The van der Waals surface area contributed by atoms with E-state index in [1.807, 2.05) is 0 Å². The zero-order chi connectivity index (χ0) is 14.0. The van der Waals surface area contributed by atoms with Crippen LogP contribution < -0.4 is 4.74 Å². The minimum Gasteiger partial charge on any atom is -0.504 e. The van der Waals surface area contributed by atoms with E-state index in [1.54, 1.807) is 31.4 Å². The molecule has 1 aromatic carbocycles. The predicted octanol–water partition coefficient (Wildman–Crippen LogP) is 1.99. The molecular weight excluding hydrogens is 248 g/mol. The van der Waals surface area contributed by atoms with Crippen LogP contribution in [0, 0.1) is 0 Å². The predicted molar refractivity (Wildman–Crippen MR) is 67.4 cm³/mol. The zero-order valence-corrected chi connectivity index (χ0v) is 10.5. The van der Waals surface area contributed by atoms with E-state index >= 15 is 0 Å². The summed E-state index contributed by atoms with van der Waals surface area (Å²) in [5.74, 6) is -1.12. The van der Waals surface area contributed by atoms with Crippen molar-refractivity contribution in [2.45, 2.75) is 6.92 Å². The molecule has 0 saturated heterocycles. The van der Waals surface area contributed by atoms with Gasteiger partial charge in [0.15, 0.2) is 17.3 Å². The maximum atomic E-state index is 11.4. The van der Waals surface area contributed by atoms with Gasteiger partial charge in [0.05, 0.1) is 7.11 Å². The molecule has 0 fully saturated rings. The number of ketones is 1. The first kappa shape index (κ1) is 12.9. The number of aliphatic hydroxyl groups excluding tert-OH is 1. The maximum absolute atomic E-state index is 11.4. The maximum Gasteiger partial charge on any atom is 0.351 e. The van der Waals surface area contributed by atoms with Gasteiger partial charge < -0.3 is 14.6 Å². The standard InChI is InChI=1S/C14H12O5/c1-8(15)12-13(16)11(19-14(12)17)7-9-3-5-10(18-2)6-4-9/h3-7,16H,1-2H3. The summed E-state index contributed by atoms with van der Waals surface area (Å²) in [5.41, 5.74) is 0.389. The van der Waals surface area contributed by atoms with E-state index in [4.69, 9.17) is 9.47 Å². The van der Waals surface area contributed by atoms with E-state index in [2.05, 4.69) is 0 Å². The quantitative estimate of drug-likeness (QED) is 0.664. The molecule has 0 amide bonds. The Morgan fingerprint density at radius 2 is 1.95 bits per heavy atom. The highest BCUT2D eigenvalue weighted by Gasteiger charge is 2.32. The molecule has 0 radical (unpaired) electrons. The number of cyclic esters (lactones) is 1. The number of aliphatic hydroxyl groups is 1. The minimum absolute atomic E-state index is 0.0274. The van der Waals surface area contributed by atoms with E-state index in [-0.39, 0.29) is 11.3 Å². The average molecular weight is 260 g/mol. The Morgan fingerprint density at radius 1 is 1.32 bits per heavy atom. The fourth-order valence-corrected chi connectivity index (χ4v) is 1.68. The molecule has 0 aliphatic carbocycles. The fourth-order valence-electron chi connectivity index (χ4n) is 1.68. The number of hydrogen-bond donors (Lipinski definition) is 1. The third-order valence-corrected chi connectivity index (χ3v) is 2.64. The molecule has 1 aliphatic heterocycles. The van der Waals surface area contributed by atoms with Gasteiger partial charge in [-0.2, -0.15) is 0 Å². The number of esters is 1. The van der Waals surface area contributed by atoms with Crippen LogP contribution >= 0.6 is 0 Å². The molecule has 1 N–H and O–H groups in total. The number of Topliss-reactive ketones (excluding diaryl/α,β-unsaturated/α-hetero) is 1. The molecule has 0 atom stereocenters. The van der Waals surface area contributed by atoms with E-state index in [0.29, 0.717) is 11.3 Å². The van der Waals surface area contributed by atoms with Crippen molar-refractivity contribution in [1.82, 2.24) is 0 Å². The number of carbonyl (C=O) groups excluding carboxylic acids is 2. The molecule has 1 aliphatic rings. The van der Waals surface area contributed by atoms with Crippen molar-refractivity contribution in [2.24, 2.45) is 0 Å². The lowest BCUT2D eigenvalue weighted by Crippen LogP contribution is -2.06. The Hall–Kier alpha value is -2.56. The largest absolute Gasteiger partial charge is 0.504 e. The topological polar surface area (TPSA) is 72.8 Å². The average Bonchev–Trinajstić information content (AvgIpc) is 2.65. The molecule has 0 spiro atoms. The van der Waals surface area contributed by atoms with Crippen LogP contribution in [0.3, 0.4) is 0 Å². The number of carbonyl (C=O) groups is 2. The van der Waals surface area contributed by atoms with Gasteiger partial charge in [0.1, 0.15) is 11.3 Å². The van der Waals surface area contributed by atoms with E-state index < -0.39 is 17.5 Å². The third-order valence-electron chi connectivity index (χ3n) is 2.64. The lowest BCUT2D eigenvalue weighted by molar-refractivity contribution is -0.134. The van der Waals surface area contributed by atoms with Crippen LogP contribution in [0.1, 0.15) is 12.5 Å². The van der Waals surface area contributed by atoms with Crippen LogP contribution in [0.25, 0.3) is 6.08 Å². The number of methoxy groups -OCH3 is 1. The van der Waals surface area contributed by atoms with Crippen LogP contribution in [0.4, 0.5) is 0 Å². The molecule has 98 valence electrons. The Morgan fingerprint density at radius 3 is 2.42 bits per heavy atom. The number of benzene rings is 1. The number of rotatable bonds is 3. The molecular formula is C14H12O5. The van der Waals surface area contributed by atoms with Gasteiger partial charge in [-0.3, -0.25) is 4.79 Å². The van der Waals surface area contributed by atoms with Crippen LogP contribution in [0.15, 0.2) is 41.4 Å². The van der Waals surface area contributed by atoms with Gasteiger partial charge in [0.25, 0.3) is 0 Å². The van der Waals surface area contributed by atoms with Gasteiger partial charge in [-0.05, 0) is 30.7 Å². The Bertz CT molecular complexity index is 593. The summed E-state index contributed by atoms with van der Waals surface area (Å²) in [6.07, 6.45) is 1.47. The highest BCUT2D eigenvalue weighted by atomic mass is 16.6. The molecule has 5 nitrogen and oxygen atoms in total. The van der Waals surface area contributed by atoms with Crippen molar-refractivity contribution >= 4 is 17.8 Å². The summed E-state index contributed by atoms with van der Waals surface area (Å²) in [6.45, 7) is 1.20. The summed E-state index contributed by atoms with van der Waals surface area (Å²) >= 11 is 0. The smallest absolute Gasteiger partial charge is 0.351 e. The molecule has 0 saturated carbocycles. The lowest BCUT2D eigenvalue weighted by atomic mass is 10.1. The van der Waals surface area contributed by atoms with Gasteiger partial charge in [-0.1, -0.05) is 12.1 Å². The first-order chi connectivity index (χ1) is 9.02. The molecule has 0 unspecified atom stereocenters. The fraction of sp³-hybridized carbons (Fsp3) is 0.143. The van der Waals surface area contributed by atoms with Crippen LogP contribution in [0.5, 0.6) is 5.75 Å². The van der Waals surface area contributed by atoms with E-state index in [9.17, 15) is 14.7 Å². The highest BCUT2D eigenvalue weighted by molar-refractivity contribution is 6.19. The number of hydrogen-bond acceptors (Lipinski definition) is 5. The second kappa shape index (κ2) is 4.97. The molecule has 5 heteroatoms. The molecule has 19 heavy (non-hydrogen) atoms. The van der Waals surface area contributed by atoms with E-state index in [0.717, 1.165) is 0 Å². The molecule has 1 heterocycles. The normalized spacial score (nSPS) is 16.7. The van der Waals surface area contributed by atoms with Crippen molar-refractivity contribution in [1.29, 1.82) is 0 Å². The van der Waals surface area contributed by atoms with Crippen molar-refractivity contribution in [3.05, 3.63) is 46.9 Å². The second-order valence-corrected chi connectivity index (χ2v) is 3.95. The monoisotopic (exact) mass is 260 g/mol. The Kier molecular flexibility index (Phi) is 3.37. The van der Waals surface area contributed by atoms with Crippen molar-refractivity contribution in [3.63, 3.8) is 0 Å². The Labute approximate surface area is 109 Å². The second-order valence-electron chi connectivity index (χ2n) is 3.95. The first-order valence-corrected chi connectivity index (χ1v) is 5.55. The molecule has 1 aromatic rings. The van der Waals surface area contributed by atoms with Gasteiger partial charge >= 0.3 is 5.97 Å². The molecule has 2 rings (SSSR count). The van der Waals surface area contributed by atoms with Crippen molar-refractivity contribution in [3.8, 4) is 5.75 Å². The lowest BCUT2D eigenvalue weighted by Gasteiger charge is -2.01. The van der Waals surface area contributed by atoms with Crippen molar-refractivity contribution in [2.75, 3.05) is 7.11 Å². The molecule has 0 aromatic heterocycles. The minimum atomic E-state index is -0.829. The first-order valence-electron chi connectivity index (χ1n) is 5.55. The number of ether oxygens (including phenoxy) is 2. The van der Waals surface area contributed by atoms with Crippen molar-refractivity contribution < 1.29 is 24.2 Å². The van der Waals surface area contributed by atoms with Gasteiger partial charge in [-0.25, -0.2) is 4.79 Å². The van der Waals surface area contributed by atoms with Gasteiger partial charge in [0, 0.05) is 0 Å². The van der Waals surface area contributed by atoms with Gasteiger partial charge in [-0.15, -0.1) is 0 Å². The Balaban J connectivity index is 2.34. The van der Waals surface area contributed by atoms with Crippen LogP contribution in [0.2, 0.25) is 0 Å². The highest BCUT2D eigenvalue weighted by Crippen LogP contribution is 2.27. The molecule has 0 bridgehead atoms. The van der Waals surface area contributed by atoms with Gasteiger partial charge in [0.2, 0.25) is 0 Å². The summed E-state index contributed by atoms with van der Waals surface area (Å²) in [7, 11) is 1.56. The summed E-state index contributed by atoms with van der Waals surface area (Å²) in [6, 6.07) is 6.93. The third kappa shape index (κ3) is 2.49. The van der Waals surface area contributed by atoms with Crippen LogP contribution in [-0.2, 0) is 14.3 Å².